The average Bonchev–Trinajstić information content (AvgIpc) is 2.61. The molecule has 2 aromatic carbocycles. The quantitative estimate of drug-likeness (QED) is 0.508. The molecule has 0 saturated heterocycles. The Bertz CT molecular complexity index is 1020. The highest BCUT2D eigenvalue weighted by Crippen LogP contribution is 2.33. The number of amides is 3. The minimum atomic E-state index is -0.822. The van der Waals surface area contributed by atoms with Gasteiger partial charge in [-0.15, -0.1) is 0 Å². The third kappa shape index (κ3) is 4.08. The van der Waals surface area contributed by atoms with E-state index in [1.165, 1.54) is 30.3 Å². The Morgan fingerprint density at radius 3 is 2.64 bits per heavy atom. The van der Waals surface area contributed by atoms with Crippen LogP contribution in [0.15, 0.2) is 53.7 Å². The van der Waals surface area contributed by atoms with Crippen LogP contribution < -0.4 is 16.0 Å². The van der Waals surface area contributed by atoms with Gasteiger partial charge in [0.1, 0.15) is 0 Å². The van der Waals surface area contributed by atoms with Crippen molar-refractivity contribution in [2.75, 3.05) is 5.32 Å². The van der Waals surface area contributed by atoms with Crippen molar-refractivity contribution in [2.45, 2.75) is 13.0 Å². The van der Waals surface area contributed by atoms with Crippen molar-refractivity contribution in [3.63, 3.8) is 0 Å². The number of urea groups is 1. The molecule has 1 atom stereocenters. The van der Waals surface area contributed by atoms with Gasteiger partial charge in [0.2, 0.25) is 0 Å². The molecule has 28 heavy (non-hydrogen) atoms. The molecule has 0 saturated carbocycles. The Hall–Kier alpha value is -3.10. The highest BCUT2D eigenvalue weighted by Gasteiger charge is 2.32. The molecule has 3 N–H and O–H groups in total. The van der Waals surface area contributed by atoms with Gasteiger partial charge in [0.25, 0.3) is 11.6 Å². The van der Waals surface area contributed by atoms with Crippen LogP contribution in [0.3, 0.4) is 0 Å². The van der Waals surface area contributed by atoms with Crippen molar-refractivity contribution >= 4 is 46.5 Å². The van der Waals surface area contributed by atoms with Gasteiger partial charge in [-0.05, 0) is 30.7 Å². The molecule has 144 valence electrons. The number of non-ortho nitro benzene ring substituents is 1. The highest BCUT2D eigenvalue weighted by molar-refractivity contribution is 6.35. The van der Waals surface area contributed by atoms with E-state index in [0.29, 0.717) is 16.3 Å². The summed E-state index contributed by atoms with van der Waals surface area (Å²) in [5.74, 6) is -0.540. The van der Waals surface area contributed by atoms with Crippen LogP contribution in [0.25, 0.3) is 0 Å². The first-order valence-corrected chi connectivity index (χ1v) is 8.81. The highest BCUT2D eigenvalue weighted by atomic mass is 35.5. The van der Waals surface area contributed by atoms with Crippen molar-refractivity contribution in [3.05, 3.63) is 79.5 Å². The van der Waals surface area contributed by atoms with Crippen molar-refractivity contribution in [3.8, 4) is 0 Å². The molecule has 0 aromatic heterocycles. The maximum absolute atomic E-state index is 12.9. The predicted octanol–water partition coefficient (Wildman–Crippen LogP) is 4.17. The number of anilines is 1. The molecule has 3 amide bonds. The predicted molar refractivity (Wildman–Crippen MR) is 105 cm³/mol. The Morgan fingerprint density at radius 2 is 1.96 bits per heavy atom. The lowest BCUT2D eigenvalue weighted by atomic mass is 9.94. The van der Waals surface area contributed by atoms with E-state index in [1.54, 1.807) is 19.1 Å². The van der Waals surface area contributed by atoms with Crippen LogP contribution in [0.4, 0.5) is 16.2 Å². The first-order chi connectivity index (χ1) is 13.3. The van der Waals surface area contributed by atoms with Crippen LogP contribution in [-0.4, -0.2) is 16.9 Å². The van der Waals surface area contributed by atoms with Gasteiger partial charge in [-0.3, -0.25) is 14.9 Å². The SMILES string of the molecule is CC1=C(C(=O)Nc2cccc([N+](=O)[O-])c2)C(c2ccc(Cl)cc2Cl)NC(=O)N1. The van der Waals surface area contributed by atoms with Gasteiger partial charge in [0.15, 0.2) is 0 Å². The van der Waals surface area contributed by atoms with E-state index in [-0.39, 0.29) is 22.0 Å². The molecule has 0 radical (unpaired) electrons. The Morgan fingerprint density at radius 1 is 1.21 bits per heavy atom. The lowest BCUT2D eigenvalue weighted by Crippen LogP contribution is -2.46. The molecule has 2 aromatic rings. The van der Waals surface area contributed by atoms with Gasteiger partial charge in [0, 0.05) is 33.6 Å². The van der Waals surface area contributed by atoms with Gasteiger partial charge in [-0.25, -0.2) is 4.79 Å². The van der Waals surface area contributed by atoms with E-state index in [9.17, 15) is 19.7 Å². The monoisotopic (exact) mass is 420 g/mol. The number of hydrogen-bond acceptors (Lipinski definition) is 4. The summed E-state index contributed by atoms with van der Waals surface area (Å²) in [6.45, 7) is 1.58. The number of hydrogen-bond donors (Lipinski definition) is 3. The first kappa shape index (κ1) is 19.7. The van der Waals surface area contributed by atoms with E-state index in [2.05, 4.69) is 16.0 Å². The number of nitrogens with one attached hydrogen (secondary N) is 3. The zero-order valence-corrected chi connectivity index (χ0v) is 16.0. The van der Waals surface area contributed by atoms with Gasteiger partial charge >= 0.3 is 6.03 Å². The summed E-state index contributed by atoms with van der Waals surface area (Å²) in [6.07, 6.45) is 0. The number of nitrogens with zero attached hydrogens (tertiary/aromatic N) is 1. The second-order valence-electron chi connectivity index (χ2n) is 6.00. The molecule has 1 aliphatic heterocycles. The summed E-state index contributed by atoms with van der Waals surface area (Å²) < 4.78 is 0. The topological polar surface area (TPSA) is 113 Å². The first-order valence-electron chi connectivity index (χ1n) is 8.05. The summed E-state index contributed by atoms with van der Waals surface area (Å²) in [5.41, 5.74) is 1.13. The molecule has 8 nitrogen and oxygen atoms in total. The van der Waals surface area contributed by atoms with E-state index < -0.39 is 22.9 Å². The summed E-state index contributed by atoms with van der Waals surface area (Å²) in [5, 5.41) is 19.5. The van der Waals surface area contributed by atoms with E-state index in [4.69, 9.17) is 23.2 Å². The molecule has 0 aliphatic carbocycles. The zero-order valence-electron chi connectivity index (χ0n) is 14.5. The fourth-order valence-corrected chi connectivity index (χ4v) is 3.38. The molecule has 3 rings (SSSR count). The van der Waals surface area contributed by atoms with Gasteiger partial charge < -0.3 is 16.0 Å². The number of allylic oxidation sites excluding steroid dienone is 1. The Balaban J connectivity index is 1.97. The molecule has 0 fully saturated rings. The maximum atomic E-state index is 12.9. The molecular formula is C18H14Cl2N4O4. The lowest BCUT2D eigenvalue weighted by Gasteiger charge is -2.29. The molecule has 0 bridgehead atoms. The van der Waals surface area contributed by atoms with Crippen LogP contribution in [0, 0.1) is 10.1 Å². The van der Waals surface area contributed by atoms with Crippen LogP contribution in [0.1, 0.15) is 18.5 Å². The third-order valence-corrected chi connectivity index (χ3v) is 4.66. The molecule has 1 aliphatic rings. The molecular weight excluding hydrogens is 407 g/mol. The summed E-state index contributed by atoms with van der Waals surface area (Å²) >= 11 is 12.2. The van der Waals surface area contributed by atoms with Crippen LogP contribution in [-0.2, 0) is 4.79 Å². The smallest absolute Gasteiger partial charge is 0.319 e. The second kappa shape index (κ2) is 7.87. The number of benzene rings is 2. The Kier molecular flexibility index (Phi) is 5.53. The third-order valence-electron chi connectivity index (χ3n) is 4.10. The van der Waals surface area contributed by atoms with Gasteiger partial charge in [0.05, 0.1) is 16.5 Å². The number of rotatable bonds is 4. The molecule has 10 heteroatoms. The van der Waals surface area contributed by atoms with E-state index >= 15 is 0 Å². The minimum Gasteiger partial charge on any atom is -0.327 e. The number of carbonyl (C=O) groups is 2. The van der Waals surface area contributed by atoms with Crippen molar-refractivity contribution in [2.24, 2.45) is 0 Å². The average molecular weight is 421 g/mol. The van der Waals surface area contributed by atoms with E-state index in [1.807, 2.05) is 0 Å². The van der Waals surface area contributed by atoms with E-state index in [0.717, 1.165) is 0 Å². The summed E-state index contributed by atoms with van der Waals surface area (Å²) in [4.78, 5) is 35.3. The minimum absolute atomic E-state index is 0.157. The molecule has 1 unspecified atom stereocenters. The Labute approximate surface area is 169 Å². The van der Waals surface area contributed by atoms with Crippen LogP contribution >= 0.6 is 23.2 Å². The normalized spacial score (nSPS) is 16.2. The van der Waals surface area contributed by atoms with Crippen molar-refractivity contribution in [1.82, 2.24) is 10.6 Å². The van der Waals surface area contributed by atoms with Gasteiger partial charge in [-0.2, -0.15) is 0 Å². The molecule has 0 spiro atoms. The number of carbonyl (C=O) groups excluding carboxylic acids is 2. The van der Waals surface area contributed by atoms with Crippen molar-refractivity contribution in [1.29, 1.82) is 0 Å². The van der Waals surface area contributed by atoms with Crippen LogP contribution in [0.5, 0.6) is 0 Å². The number of halogens is 2. The lowest BCUT2D eigenvalue weighted by molar-refractivity contribution is -0.384. The zero-order chi connectivity index (χ0) is 20.4. The largest absolute Gasteiger partial charge is 0.327 e. The number of nitro groups is 1. The fraction of sp³-hybridized carbons (Fsp3) is 0.111. The number of nitro benzene ring substituents is 1. The van der Waals surface area contributed by atoms with Crippen LogP contribution in [0.2, 0.25) is 10.0 Å². The fourth-order valence-electron chi connectivity index (χ4n) is 2.86. The molecule has 1 heterocycles. The van der Waals surface area contributed by atoms with Crippen molar-refractivity contribution < 1.29 is 14.5 Å². The summed E-state index contributed by atoms with van der Waals surface area (Å²) in [7, 11) is 0. The maximum Gasteiger partial charge on any atom is 0.319 e. The standard InChI is InChI=1S/C18H14Cl2N4O4/c1-9-15(17(25)22-11-3-2-4-12(8-11)24(27)28)16(23-18(26)21-9)13-6-5-10(19)7-14(13)20/h2-8,16H,1H3,(H,22,25)(H2,21,23,26). The summed E-state index contributed by atoms with van der Waals surface area (Å²) in [6, 6.07) is 8.97. The van der Waals surface area contributed by atoms with Gasteiger partial charge in [-0.1, -0.05) is 35.3 Å². The second-order valence-corrected chi connectivity index (χ2v) is 6.84.